The van der Waals surface area contributed by atoms with Gasteiger partial charge in [-0.25, -0.2) is 9.89 Å². The Hall–Kier alpha value is -1.24. The Morgan fingerprint density at radius 2 is 2.32 bits per heavy atom. The second-order valence-corrected chi connectivity index (χ2v) is 5.73. The van der Waals surface area contributed by atoms with Crippen molar-refractivity contribution in [1.29, 1.82) is 0 Å². The van der Waals surface area contributed by atoms with Gasteiger partial charge < -0.3 is 4.74 Å². The van der Waals surface area contributed by atoms with Gasteiger partial charge in [0.05, 0.1) is 6.61 Å². The van der Waals surface area contributed by atoms with Crippen LogP contribution in [0.5, 0.6) is 0 Å². The minimum absolute atomic E-state index is 0.191. The van der Waals surface area contributed by atoms with Crippen molar-refractivity contribution >= 4 is 17.7 Å². The number of hydrogen-bond acceptors (Lipinski definition) is 5. The number of rotatable bonds is 7. The van der Waals surface area contributed by atoms with E-state index in [4.69, 9.17) is 4.74 Å². The van der Waals surface area contributed by atoms with Crippen LogP contribution < -0.4 is 5.69 Å². The van der Waals surface area contributed by atoms with Crippen LogP contribution in [0, 0.1) is 0 Å². The van der Waals surface area contributed by atoms with Gasteiger partial charge in [-0.2, -0.15) is 0 Å². The Balaban J connectivity index is 2.12. The average molecular weight is 285 g/mol. The molecule has 6 nitrogen and oxygen atoms in total. The molecule has 1 unspecified atom stereocenters. The van der Waals surface area contributed by atoms with Crippen LogP contribution in [0.4, 0.5) is 0 Å². The number of aromatic nitrogens is 3. The summed E-state index contributed by atoms with van der Waals surface area (Å²) in [5, 5.41) is 6.79. The summed E-state index contributed by atoms with van der Waals surface area (Å²) in [4.78, 5) is 23.5. The fourth-order valence-corrected chi connectivity index (χ4v) is 3.09. The number of aromatic amines is 1. The first-order valence-corrected chi connectivity index (χ1v) is 7.55. The van der Waals surface area contributed by atoms with Crippen LogP contribution in [0.3, 0.4) is 0 Å². The van der Waals surface area contributed by atoms with Crippen LogP contribution in [0.1, 0.15) is 45.6 Å². The fraction of sp³-hybridized carbons (Fsp3) is 0.750. The van der Waals surface area contributed by atoms with E-state index in [1.54, 1.807) is 11.5 Å². The van der Waals surface area contributed by atoms with Gasteiger partial charge >= 0.3 is 11.7 Å². The molecule has 19 heavy (non-hydrogen) atoms. The van der Waals surface area contributed by atoms with E-state index in [1.807, 2.05) is 6.92 Å². The van der Waals surface area contributed by atoms with Crippen LogP contribution >= 0.6 is 11.8 Å². The first-order chi connectivity index (χ1) is 9.17. The van der Waals surface area contributed by atoms with E-state index < -0.39 is 0 Å². The Kier molecular flexibility index (Phi) is 4.68. The van der Waals surface area contributed by atoms with Crippen molar-refractivity contribution < 1.29 is 9.53 Å². The zero-order valence-electron chi connectivity index (χ0n) is 11.2. The molecule has 0 aromatic carbocycles. The van der Waals surface area contributed by atoms with Crippen molar-refractivity contribution in [1.82, 2.24) is 14.8 Å². The van der Waals surface area contributed by atoms with Gasteiger partial charge in [0.2, 0.25) is 0 Å². The summed E-state index contributed by atoms with van der Waals surface area (Å²) in [6.07, 6.45) is 3.61. The fourth-order valence-electron chi connectivity index (χ4n) is 1.88. The van der Waals surface area contributed by atoms with E-state index in [1.165, 1.54) is 11.8 Å². The van der Waals surface area contributed by atoms with E-state index in [0.717, 1.165) is 25.7 Å². The topological polar surface area (TPSA) is 77.0 Å². The Labute approximate surface area is 115 Å². The molecule has 0 spiro atoms. The summed E-state index contributed by atoms with van der Waals surface area (Å²) in [6.45, 7) is 4.18. The maximum atomic E-state index is 11.9. The lowest BCUT2D eigenvalue weighted by Crippen LogP contribution is -2.22. The first-order valence-electron chi connectivity index (χ1n) is 6.67. The van der Waals surface area contributed by atoms with E-state index in [9.17, 15) is 9.59 Å². The number of H-pyrrole nitrogens is 1. The van der Waals surface area contributed by atoms with Gasteiger partial charge in [-0.05, 0) is 26.2 Å². The lowest BCUT2D eigenvalue weighted by molar-refractivity contribution is -0.142. The molecule has 1 N–H and O–H groups in total. The van der Waals surface area contributed by atoms with E-state index >= 15 is 0 Å². The molecular formula is C12H19N3O3S. The minimum atomic E-state index is -0.294. The van der Waals surface area contributed by atoms with Gasteiger partial charge in [0.1, 0.15) is 5.25 Å². The summed E-state index contributed by atoms with van der Waals surface area (Å²) in [5.41, 5.74) is -0.191. The predicted octanol–water partition coefficient (Wildman–Crippen LogP) is 1.73. The molecule has 1 aromatic heterocycles. The molecule has 1 aliphatic rings. The molecule has 2 rings (SSSR count). The van der Waals surface area contributed by atoms with Crippen molar-refractivity contribution in [3.05, 3.63) is 10.5 Å². The Morgan fingerprint density at radius 1 is 1.58 bits per heavy atom. The first kappa shape index (κ1) is 14.2. The zero-order valence-corrected chi connectivity index (χ0v) is 12.0. The highest BCUT2D eigenvalue weighted by Crippen LogP contribution is 2.37. The normalized spacial score (nSPS) is 16.3. The van der Waals surface area contributed by atoms with E-state index in [0.29, 0.717) is 11.8 Å². The number of carbonyl (C=O) groups excluding carboxylic acids is 1. The van der Waals surface area contributed by atoms with Gasteiger partial charge in [0.15, 0.2) is 5.16 Å². The van der Waals surface area contributed by atoms with E-state index in [-0.39, 0.29) is 23.0 Å². The average Bonchev–Trinajstić information content (AvgIpc) is 3.14. The number of ether oxygens (including phenoxy) is 1. The molecule has 0 aliphatic heterocycles. The lowest BCUT2D eigenvalue weighted by Gasteiger charge is -2.13. The van der Waals surface area contributed by atoms with Crippen LogP contribution in [-0.4, -0.2) is 32.6 Å². The highest BCUT2D eigenvalue weighted by Gasteiger charge is 2.31. The van der Waals surface area contributed by atoms with Crippen LogP contribution in [-0.2, 0) is 9.53 Å². The summed E-state index contributed by atoms with van der Waals surface area (Å²) in [7, 11) is 0. The highest BCUT2D eigenvalue weighted by atomic mass is 32.2. The minimum Gasteiger partial charge on any atom is -0.465 e. The quantitative estimate of drug-likeness (QED) is 0.610. The lowest BCUT2D eigenvalue weighted by atomic mass is 10.2. The van der Waals surface area contributed by atoms with Crippen molar-refractivity contribution in [3.63, 3.8) is 0 Å². The van der Waals surface area contributed by atoms with Gasteiger partial charge in [-0.3, -0.25) is 9.36 Å². The summed E-state index contributed by atoms with van der Waals surface area (Å²) in [6, 6.07) is 0.248. The maximum Gasteiger partial charge on any atom is 0.344 e. The molecule has 1 aromatic rings. The number of thioether (sulfide) groups is 1. The smallest absolute Gasteiger partial charge is 0.344 e. The van der Waals surface area contributed by atoms with Crippen LogP contribution in [0.2, 0.25) is 0 Å². The SMILES string of the molecule is CCCC(Sc1n[nH]c(=O)n1C1CC1)C(=O)OCC. The number of esters is 1. The van der Waals surface area contributed by atoms with Crippen molar-refractivity contribution in [2.45, 2.75) is 56.0 Å². The molecule has 0 amide bonds. The monoisotopic (exact) mass is 285 g/mol. The number of nitrogens with one attached hydrogen (secondary N) is 1. The molecule has 1 heterocycles. The Morgan fingerprint density at radius 3 is 2.89 bits per heavy atom. The predicted molar refractivity (Wildman–Crippen MR) is 72.3 cm³/mol. The highest BCUT2D eigenvalue weighted by molar-refractivity contribution is 8.00. The number of nitrogens with zero attached hydrogens (tertiary/aromatic N) is 2. The molecule has 0 saturated heterocycles. The van der Waals surface area contributed by atoms with Crippen molar-refractivity contribution in [2.75, 3.05) is 6.61 Å². The number of carbonyl (C=O) groups is 1. The molecule has 0 radical (unpaired) electrons. The maximum absolute atomic E-state index is 11.9. The third-order valence-electron chi connectivity index (χ3n) is 2.93. The second kappa shape index (κ2) is 6.27. The molecular weight excluding hydrogens is 266 g/mol. The molecule has 1 aliphatic carbocycles. The van der Waals surface area contributed by atoms with Gasteiger partial charge in [0.25, 0.3) is 0 Å². The van der Waals surface area contributed by atoms with Gasteiger partial charge in [-0.1, -0.05) is 25.1 Å². The summed E-state index contributed by atoms with van der Waals surface area (Å²) < 4.78 is 6.73. The van der Waals surface area contributed by atoms with Crippen LogP contribution in [0.15, 0.2) is 9.95 Å². The van der Waals surface area contributed by atoms with Gasteiger partial charge in [0, 0.05) is 6.04 Å². The Bertz CT molecular complexity index is 493. The molecule has 7 heteroatoms. The summed E-state index contributed by atoms with van der Waals surface area (Å²) >= 11 is 1.32. The molecule has 0 bridgehead atoms. The standard InChI is InChI=1S/C12H19N3O3S/c1-3-5-9(10(16)18-4-2)19-12-14-13-11(17)15(12)8-6-7-8/h8-9H,3-7H2,1-2H3,(H,13,17). The largest absolute Gasteiger partial charge is 0.465 e. The van der Waals surface area contributed by atoms with Gasteiger partial charge in [-0.15, -0.1) is 5.10 Å². The zero-order chi connectivity index (χ0) is 13.8. The van der Waals surface area contributed by atoms with Crippen LogP contribution in [0.25, 0.3) is 0 Å². The third-order valence-corrected chi connectivity index (χ3v) is 4.14. The molecule has 1 fully saturated rings. The molecule has 1 saturated carbocycles. The third kappa shape index (κ3) is 3.40. The molecule has 1 atom stereocenters. The number of hydrogen-bond donors (Lipinski definition) is 1. The van der Waals surface area contributed by atoms with Crippen molar-refractivity contribution in [3.8, 4) is 0 Å². The molecule has 106 valence electrons. The summed E-state index contributed by atoms with van der Waals surface area (Å²) in [5.74, 6) is -0.229. The second-order valence-electron chi connectivity index (χ2n) is 4.56. The van der Waals surface area contributed by atoms with Crippen molar-refractivity contribution in [2.24, 2.45) is 0 Å². The van der Waals surface area contributed by atoms with E-state index in [2.05, 4.69) is 10.2 Å².